The third kappa shape index (κ3) is 5.81. The van der Waals surface area contributed by atoms with Crippen LogP contribution in [0.5, 0.6) is 5.75 Å². The molecule has 0 unspecified atom stereocenters. The Kier molecular flexibility index (Phi) is 8.06. The maximum Gasteiger partial charge on any atom is 0.415 e. The Morgan fingerprint density at radius 3 is 2.20 bits per heavy atom. The average Bonchev–Trinajstić information content (AvgIpc) is 3.38. The number of nitrogens with zero attached hydrogens (tertiary/aromatic N) is 2. The number of amides is 1. The van der Waals surface area contributed by atoms with E-state index in [2.05, 4.69) is 53.1 Å². The first-order valence-electron chi connectivity index (χ1n) is 13.3. The molecule has 6 heteroatoms. The van der Waals surface area contributed by atoms with Crippen molar-refractivity contribution in [3.63, 3.8) is 0 Å². The van der Waals surface area contributed by atoms with E-state index in [4.69, 9.17) is 4.74 Å². The number of hydrogen-bond donors (Lipinski definition) is 0. The molecule has 40 heavy (non-hydrogen) atoms. The molecule has 0 fully saturated rings. The lowest BCUT2D eigenvalue weighted by atomic mass is 10.00. The van der Waals surface area contributed by atoms with Gasteiger partial charge in [-0.15, -0.1) is 0 Å². The second-order valence-corrected chi connectivity index (χ2v) is 9.47. The van der Waals surface area contributed by atoms with Gasteiger partial charge in [-0.1, -0.05) is 72.8 Å². The van der Waals surface area contributed by atoms with E-state index < -0.39 is 17.7 Å². The van der Waals surface area contributed by atoms with Crippen molar-refractivity contribution in [3.05, 3.63) is 126 Å². The minimum absolute atomic E-state index is 0.294. The van der Waals surface area contributed by atoms with Gasteiger partial charge in [0.1, 0.15) is 5.75 Å². The quantitative estimate of drug-likeness (QED) is 0.186. The van der Waals surface area contributed by atoms with Crippen LogP contribution in [0, 0.1) is 11.6 Å². The Bertz CT molecular complexity index is 1650. The largest absolute Gasteiger partial charge is 0.415 e. The van der Waals surface area contributed by atoms with Crippen molar-refractivity contribution in [2.24, 2.45) is 0 Å². The summed E-state index contributed by atoms with van der Waals surface area (Å²) in [6.45, 7) is 5.35. The van der Waals surface area contributed by atoms with Gasteiger partial charge in [0.2, 0.25) is 0 Å². The molecule has 4 nitrogen and oxygen atoms in total. The molecule has 0 aliphatic carbocycles. The van der Waals surface area contributed by atoms with E-state index in [1.807, 2.05) is 50.4 Å². The fourth-order valence-electron chi connectivity index (χ4n) is 4.75. The topological polar surface area (TPSA) is 34.5 Å². The van der Waals surface area contributed by atoms with Crippen LogP contribution in [-0.2, 0) is 6.54 Å². The molecule has 1 amide bonds. The number of rotatable bonds is 8. The number of benzene rings is 4. The van der Waals surface area contributed by atoms with Crippen LogP contribution in [0.3, 0.4) is 0 Å². The second-order valence-electron chi connectivity index (χ2n) is 9.47. The number of fused-ring (bicyclic) bond motifs is 1. The zero-order chi connectivity index (χ0) is 28.1. The van der Waals surface area contributed by atoms with Crippen LogP contribution in [0.1, 0.15) is 30.5 Å². The summed E-state index contributed by atoms with van der Waals surface area (Å²) >= 11 is 0. The molecular formula is C34H30F2N2O2. The lowest BCUT2D eigenvalue weighted by molar-refractivity contribution is 0.157. The molecule has 0 atom stereocenters. The summed E-state index contributed by atoms with van der Waals surface area (Å²) < 4.78 is 35.9. The molecule has 4 aromatic carbocycles. The first-order valence-corrected chi connectivity index (χ1v) is 13.3. The predicted molar refractivity (Wildman–Crippen MR) is 157 cm³/mol. The Balaban J connectivity index is 1.47. The standard InChI is InChI=1S/C34H30F2N2O2/c1-3-37(4-2)34(39)40-32-19-18-31-28(33(32)27-16-17-29(35)30(36)22-27)20-21-38(31)23-26-14-12-25(13-15-26)11-10-24-8-6-5-7-9-24/h5-22H,3-4,23H2,1-2H3/b11-10+. The molecule has 0 aliphatic heterocycles. The molecule has 1 heterocycles. The van der Waals surface area contributed by atoms with Crippen molar-refractivity contribution in [3.8, 4) is 16.9 Å². The summed E-state index contributed by atoms with van der Waals surface area (Å²) in [5.41, 5.74) is 5.21. The van der Waals surface area contributed by atoms with Gasteiger partial charge in [0, 0.05) is 42.3 Å². The highest BCUT2D eigenvalue weighted by atomic mass is 19.2. The number of hydrogen-bond acceptors (Lipinski definition) is 2. The van der Waals surface area contributed by atoms with Crippen molar-refractivity contribution < 1.29 is 18.3 Å². The van der Waals surface area contributed by atoms with E-state index in [1.54, 1.807) is 11.0 Å². The lowest BCUT2D eigenvalue weighted by Gasteiger charge is -2.20. The van der Waals surface area contributed by atoms with Crippen LogP contribution < -0.4 is 4.74 Å². The first kappa shape index (κ1) is 26.9. The van der Waals surface area contributed by atoms with Crippen molar-refractivity contribution in [2.75, 3.05) is 13.1 Å². The van der Waals surface area contributed by atoms with E-state index >= 15 is 0 Å². The molecule has 0 spiro atoms. The summed E-state index contributed by atoms with van der Waals surface area (Å²) in [4.78, 5) is 14.3. The van der Waals surface area contributed by atoms with Crippen molar-refractivity contribution in [2.45, 2.75) is 20.4 Å². The van der Waals surface area contributed by atoms with Crippen LogP contribution in [0.25, 0.3) is 34.2 Å². The van der Waals surface area contributed by atoms with Gasteiger partial charge in [-0.05, 0) is 66.4 Å². The summed E-state index contributed by atoms with van der Waals surface area (Å²) in [5, 5.41) is 0.776. The summed E-state index contributed by atoms with van der Waals surface area (Å²) in [5.74, 6) is -1.60. The number of halogens is 2. The minimum atomic E-state index is -0.962. The highest BCUT2D eigenvalue weighted by Gasteiger charge is 2.20. The van der Waals surface area contributed by atoms with Crippen molar-refractivity contribution >= 4 is 29.1 Å². The van der Waals surface area contributed by atoms with Gasteiger partial charge in [0.05, 0.1) is 0 Å². The molecule has 0 saturated heterocycles. The zero-order valence-electron chi connectivity index (χ0n) is 22.5. The highest BCUT2D eigenvalue weighted by Crippen LogP contribution is 2.39. The first-order chi connectivity index (χ1) is 19.5. The molecule has 0 N–H and O–H groups in total. The molecule has 0 radical (unpaired) electrons. The zero-order valence-corrected chi connectivity index (χ0v) is 22.5. The van der Waals surface area contributed by atoms with Gasteiger partial charge >= 0.3 is 6.09 Å². The van der Waals surface area contributed by atoms with E-state index in [0.717, 1.165) is 39.7 Å². The number of aromatic nitrogens is 1. The maximum atomic E-state index is 14.3. The maximum absolute atomic E-state index is 14.3. The summed E-state index contributed by atoms with van der Waals surface area (Å²) in [6, 6.07) is 27.7. The van der Waals surface area contributed by atoms with Crippen LogP contribution in [0.4, 0.5) is 13.6 Å². The van der Waals surface area contributed by atoms with Crippen LogP contribution in [-0.4, -0.2) is 28.6 Å². The van der Waals surface area contributed by atoms with E-state index in [-0.39, 0.29) is 0 Å². The molecule has 0 bridgehead atoms. The highest BCUT2D eigenvalue weighted by molar-refractivity contribution is 5.99. The SMILES string of the molecule is CCN(CC)C(=O)Oc1ccc2c(ccn2Cc2ccc(/C=C/c3ccccc3)cc2)c1-c1ccc(F)c(F)c1. The van der Waals surface area contributed by atoms with Gasteiger partial charge in [-0.3, -0.25) is 0 Å². The minimum Gasteiger partial charge on any atom is -0.410 e. The summed E-state index contributed by atoms with van der Waals surface area (Å²) in [7, 11) is 0. The number of ether oxygens (including phenoxy) is 1. The number of carbonyl (C=O) groups is 1. The fourth-order valence-corrected chi connectivity index (χ4v) is 4.75. The predicted octanol–water partition coefficient (Wildman–Crippen LogP) is 8.65. The van der Waals surface area contributed by atoms with E-state index in [0.29, 0.717) is 36.5 Å². The smallest absolute Gasteiger partial charge is 0.410 e. The summed E-state index contributed by atoms with van der Waals surface area (Å²) in [6.07, 6.45) is 5.62. The third-order valence-electron chi connectivity index (χ3n) is 6.94. The van der Waals surface area contributed by atoms with Gasteiger partial charge in [0.25, 0.3) is 0 Å². The lowest BCUT2D eigenvalue weighted by Crippen LogP contribution is -2.33. The Morgan fingerprint density at radius 1 is 0.825 bits per heavy atom. The van der Waals surface area contributed by atoms with Gasteiger partial charge in [0.15, 0.2) is 11.6 Å². The van der Waals surface area contributed by atoms with Gasteiger partial charge in [-0.2, -0.15) is 0 Å². The Morgan fingerprint density at radius 2 is 1.52 bits per heavy atom. The fraction of sp³-hybridized carbons (Fsp3) is 0.147. The monoisotopic (exact) mass is 536 g/mol. The molecule has 202 valence electrons. The second kappa shape index (κ2) is 12.0. The average molecular weight is 537 g/mol. The molecule has 0 saturated carbocycles. The normalized spacial score (nSPS) is 11.3. The van der Waals surface area contributed by atoms with Gasteiger partial charge < -0.3 is 14.2 Å². The molecule has 5 aromatic rings. The Hall–Kier alpha value is -4.71. The van der Waals surface area contributed by atoms with Crippen LogP contribution in [0.15, 0.2) is 97.2 Å². The van der Waals surface area contributed by atoms with Crippen LogP contribution in [0.2, 0.25) is 0 Å². The molecular weight excluding hydrogens is 506 g/mol. The van der Waals surface area contributed by atoms with Crippen molar-refractivity contribution in [1.29, 1.82) is 0 Å². The molecule has 1 aromatic heterocycles. The van der Waals surface area contributed by atoms with Gasteiger partial charge in [-0.25, -0.2) is 13.6 Å². The van der Waals surface area contributed by atoms with E-state index in [9.17, 15) is 13.6 Å². The third-order valence-corrected chi connectivity index (χ3v) is 6.94. The molecule has 5 rings (SSSR count). The van der Waals surface area contributed by atoms with Crippen LogP contribution >= 0.6 is 0 Å². The number of carbonyl (C=O) groups excluding carboxylic acids is 1. The van der Waals surface area contributed by atoms with Crippen molar-refractivity contribution in [1.82, 2.24) is 9.47 Å². The van der Waals surface area contributed by atoms with E-state index in [1.165, 1.54) is 6.07 Å². The molecule has 0 aliphatic rings. The Labute approximate surface area is 232 Å².